The molecule has 0 spiro atoms. The predicted molar refractivity (Wildman–Crippen MR) is 166 cm³/mol. The molecule has 0 aromatic heterocycles. The lowest BCUT2D eigenvalue weighted by Crippen LogP contribution is -2.60. The van der Waals surface area contributed by atoms with E-state index >= 15 is 0 Å². The molecule has 1 saturated carbocycles. The summed E-state index contributed by atoms with van der Waals surface area (Å²) in [6, 6.07) is 15.1. The van der Waals surface area contributed by atoms with Crippen molar-refractivity contribution in [3.8, 4) is 5.75 Å². The molecule has 224 valence electrons. The second-order valence-corrected chi connectivity index (χ2v) is 13.9. The zero-order valence-electron chi connectivity index (χ0n) is 22.5. The minimum Gasteiger partial charge on any atom is -0.505 e. The molecule has 1 N–H and O–H groups in total. The topological polar surface area (TPSA) is 95.0 Å². The number of imide groups is 2. The molecular formula is C32H21Cl2F2IN2O5. The van der Waals surface area contributed by atoms with Crippen molar-refractivity contribution in [1.82, 2.24) is 0 Å². The van der Waals surface area contributed by atoms with E-state index in [1.165, 1.54) is 18.2 Å². The van der Waals surface area contributed by atoms with E-state index in [0.717, 1.165) is 37.6 Å². The molecule has 2 aliphatic carbocycles. The Morgan fingerprint density at radius 3 is 2.11 bits per heavy atom. The van der Waals surface area contributed by atoms with Crippen LogP contribution < -0.4 is 9.80 Å². The fraction of sp³-hybridized carbons (Fsp3) is 0.250. The van der Waals surface area contributed by atoms with Gasteiger partial charge in [0.25, 0.3) is 11.8 Å². The lowest BCUT2D eigenvalue weighted by molar-refractivity contribution is -0.125. The summed E-state index contributed by atoms with van der Waals surface area (Å²) in [4.78, 5) is 53.8. The lowest BCUT2D eigenvalue weighted by atomic mass is 9.56. The van der Waals surface area contributed by atoms with E-state index < -0.39 is 74.4 Å². The van der Waals surface area contributed by atoms with Gasteiger partial charge in [-0.15, -0.1) is 23.2 Å². The van der Waals surface area contributed by atoms with Gasteiger partial charge in [-0.2, -0.15) is 0 Å². The second kappa shape index (κ2) is 10.1. The molecule has 12 heteroatoms. The van der Waals surface area contributed by atoms with E-state index in [0.29, 0.717) is 11.3 Å². The number of rotatable bonds is 3. The summed E-state index contributed by atoms with van der Waals surface area (Å²) >= 11 is 16.6. The Labute approximate surface area is 273 Å². The van der Waals surface area contributed by atoms with Crippen LogP contribution in [0, 0.1) is 33.0 Å². The highest BCUT2D eigenvalue weighted by Crippen LogP contribution is 2.66. The van der Waals surface area contributed by atoms with E-state index in [4.69, 9.17) is 23.2 Å². The maximum Gasteiger partial charge on any atom is 0.258 e. The van der Waals surface area contributed by atoms with Gasteiger partial charge in [-0.1, -0.05) is 17.7 Å². The number of aromatic hydroxyl groups is 1. The van der Waals surface area contributed by atoms with Crippen molar-refractivity contribution in [3.05, 3.63) is 99.1 Å². The van der Waals surface area contributed by atoms with Crippen molar-refractivity contribution in [1.29, 1.82) is 0 Å². The second-order valence-electron chi connectivity index (χ2n) is 11.4. The molecule has 0 bridgehead atoms. The zero-order chi connectivity index (χ0) is 31.3. The summed E-state index contributed by atoms with van der Waals surface area (Å²) < 4.78 is 29.5. The molecule has 3 aromatic rings. The number of hydrogen-bond donors (Lipinski definition) is 1. The standard InChI is InChI=1S/C32H21Cl2F2IN2O5/c33-31-14-22-20(10-11-21-25(22)28(42)38(27(21)41)18-8-4-17(37)5-9-18)26(15-1-12-24(40)23(36)13-15)32(31,34)30(44)39(29(31)43)19-6-2-16(35)3-7-19/h1-10,12-13,21-22,25-26,40H,11,14H2/t21-,22+,25-,26-,31+,32-/m0/s1. The monoisotopic (exact) mass is 748 g/mol. The van der Waals surface area contributed by atoms with Crippen LogP contribution in [-0.2, 0) is 19.2 Å². The number of amides is 4. The third-order valence-corrected chi connectivity index (χ3v) is 11.4. The largest absolute Gasteiger partial charge is 0.505 e. The summed E-state index contributed by atoms with van der Waals surface area (Å²) in [7, 11) is 0. The van der Waals surface area contributed by atoms with Gasteiger partial charge in [0.1, 0.15) is 5.82 Å². The van der Waals surface area contributed by atoms with E-state index in [2.05, 4.69) is 22.6 Å². The first-order valence-electron chi connectivity index (χ1n) is 13.7. The quantitative estimate of drug-likeness (QED) is 0.153. The van der Waals surface area contributed by atoms with Crippen molar-refractivity contribution < 1.29 is 33.1 Å². The van der Waals surface area contributed by atoms with Crippen molar-refractivity contribution >= 4 is 80.8 Å². The van der Waals surface area contributed by atoms with Crippen LogP contribution >= 0.6 is 45.8 Å². The molecule has 3 fully saturated rings. The number of anilines is 2. The molecule has 3 aromatic carbocycles. The normalized spacial score (nSPS) is 31.2. The number of allylic oxidation sites excluding steroid dienone is 2. The van der Waals surface area contributed by atoms with Crippen LogP contribution in [0.1, 0.15) is 24.3 Å². The number of nitrogens with zero attached hydrogens (tertiary/aromatic N) is 2. The fourth-order valence-corrected chi connectivity index (χ4v) is 8.61. The summed E-state index contributed by atoms with van der Waals surface area (Å²) in [6.07, 6.45) is 1.62. The lowest BCUT2D eigenvalue weighted by Gasteiger charge is -2.50. The SMILES string of the molecule is O=C1[C@H]2[C@H](CC=C3[C@H]2C[C@@]2(Cl)C(=O)N(c4ccc(F)cc4)C(=O)[C@@]2(Cl)[C@H]3c2ccc(O)c(F)c2)C(=O)N1c1ccc(I)cc1. The average Bonchev–Trinajstić information content (AvgIpc) is 3.33. The summed E-state index contributed by atoms with van der Waals surface area (Å²) in [5.41, 5.74) is 1.09. The average molecular weight is 749 g/mol. The van der Waals surface area contributed by atoms with Gasteiger partial charge in [-0.25, -0.2) is 13.7 Å². The molecule has 7 rings (SSSR count). The van der Waals surface area contributed by atoms with Crippen LogP contribution in [0.3, 0.4) is 0 Å². The molecule has 2 heterocycles. The van der Waals surface area contributed by atoms with E-state index in [1.54, 1.807) is 30.3 Å². The summed E-state index contributed by atoms with van der Waals surface area (Å²) in [5, 5.41) is 9.93. The smallest absolute Gasteiger partial charge is 0.258 e. The Morgan fingerprint density at radius 2 is 1.45 bits per heavy atom. The molecule has 0 unspecified atom stereocenters. The molecule has 2 aliphatic heterocycles. The number of benzene rings is 3. The van der Waals surface area contributed by atoms with Gasteiger partial charge in [0, 0.05) is 9.49 Å². The number of carbonyl (C=O) groups excluding carboxylic acids is 4. The molecule has 7 nitrogen and oxygen atoms in total. The third kappa shape index (κ3) is 3.89. The Morgan fingerprint density at radius 1 is 0.818 bits per heavy atom. The number of alkyl halides is 2. The van der Waals surface area contributed by atoms with Gasteiger partial charge in [-0.05, 0) is 108 Å². The van der Waals surface area contributed by atoms with Gasteiger partial charge in [0.05, 0.1) is 23.2 Å². The van der Waals surface area contributed by atoms with E-state index in [1.807, 2.05) is 0 Å². The minimum atomic E-state index is -2.19. The maximum absolute atomic E-state index is 14.8. The number of carbonyl (C=O) groups is 4. The van der Waals surface area contributed by atoms with Crippen molar-refractivity contribution in [2.24, 2.45) is 17.8 Å². The summed E-state index contributed by atoms with van der Waals surface area (Å²) in [6.45, 7) is 0. The fourth-order valence-electron chi connectivity index (χ4n) is 7.32. The predicted octanol–water partition coefficient (Wildman–Crippen LogP) is 6.04. The van der Waals surface area contributed by atoms with E-state index in [9.17, 15) is 33.1 Å². The van der Waals surface area contributed by atoms with Crippen LogP contribution in [-0.4, -0.2) is 38.5 Å². The molecule has 4 aliphatic rings. The zero-order valence-corrected chi connectivity index (χ0v) is 26.2. The van der Waals surface area contributed by atoms with Crippen molar-refractivity contribution in [2.45, 2.75) is 28.5 Å². The van der Waals surface area contributed by atoms with Gasteiger partial charge in [0.2, 0.25) is 11.8 Å². The van der Waals surface area contributed by atoms with Gasteiger partial charge >= 0.3 is 0 Å². The first-order valence-corrected chi connectivity index (χ1v) is 15.6. The van der Waals surface area contributed by atoms with Crippen LogP contribution in [0.4, 0.5) is 20.2 Å². The van der Waals surface area contributed by atoms with Crippen LogP contribution in [0.2, 0.25) is 0 Å². The third-order valence-electron chi connectivity index (χ3n) is 9.29. The summed E-state index contributed by atoms with van der Waals surface area (Å²) in [5.74, 6) is -8.53. The highest BCUT2D eigenvalue weighted by molar-refractivity contribution is 14.1. The first-order chi connectivity index (χ1) is 20.9. The van der Waals surface area contributed by atoms with Crippen molar-refractivity contribution in [2.75, 3.05) is 9.80 Å². The molecule has 2 saturated heterocycles. The number of phenolic OH excluding ortho intramolecular Hbond substituents is 1. The Bertz CT molecular complexity index is 1820. The minimum absolute atomic E-state index is 0.0401. The Balaban J connectivity index is 1.40. The maximum atomic E-state index is 14.8. The number of hydrogen-bond acceptors (Lipinski definition) is 5. The molecule has 0 radical (unpaired) electrons. The van der Waals surface area contributed by atoms with Gasteiger partial charge in [-0.3, -0.25) is 24.1 Å². The highest BCUT2D eigenvalue weighted by atomic mass is 127. The van der Waals surface area contributed by atoms with E-state index in [-0.39, 0.29) is 24.1 Å². The molecule has 4 amide bonds. The molecular weight excluding hydrogens is 728 g/mol. The number of fused-ring (bicyclic) bond motifs is 4. The molecule has 6 atom stereocenters. The Hall–Kier alpha value is -3.35. The first kappa shape index (κ1) is 29.4. The van der Waals surface area contributed by atoms with Crippen LogP contribution in [0.5, 0.6) is 5.75 Å². The number of halogens is 5. The van der Waals surface area contributed by atoms with Crippen LogP contribution in [0.25, 0.3) is 0 Å². The van der Waals surface area contributed by atoms with Crippen molar-refractivity contribution in [3.63, 3.8) is 0 Å². The molecule has 44 heavy (non-hydrogen) atoms. The number of phenols is 1. The Kier molecular flexibility index (Phi) is 6.73. The highest BCUT2D eigenvalue weighted by Gasteiger charge is 2.76. The van der Waals surface area contributed by atoms with Gasteiger partial charge in [0.15, 0.2) is 21.3 Å². The van der Waals surface area contributed by atoms with Gasteiger partial charge < -0.3 is 5.11 Å². The van der Waals surface area contributed by atoms with Crippen LogP contribution in [0.15, 0.2) is 78.4 Å².